The Kier molecular flexibility index (Phi) is 3.68. The zero-order valence-corrected chi connectivity index (χ0v) is 7.94. The lowest BCUT2D eigenvalue weighted by atomic mass is 9.81. The van der Waals surface area contributed by atoms with Gasteiger partial charge in [0.25, 0.3) is 0 Å². The van der Waals surface area contributed by atoms with Gasteiger partial charge in [0.2, 0.25) is 0 Å². The van der Waals surface area contributed by atoms with E-state index in [-0.39, 0.29) is 11.9 Å². The van der Waals surface area contributed by atoms with E-state index in [1.165, 1.54) is 0 Å². The Morgan fingerprint density at radius 1 is 1.36 bits per heavy atom. The van der Waals surface area contributed by atoms with Crippen molar-refractivity contribution in [1.82, 2.24) is 0 Å². The van der Waals surface area contributed by atoms with Crippen LogP contribution in [0.1, 0.15) is 25.7 Å². The predicted octanol–water partition coefficient (Wildman–Crippen LogP) is 1.56. The first kappa shape index (κ1) is 10.8. The van der Waals surface area contributed by atoms with Crippen LogP contribution in [0.25, 0.3) is 0 Å². The second-order valence-corrected chi connectivity index (χ2v) is 3.50. The zero-order chi connectivity index (χ0) is 10.6. The van der Waals surface area contributed by atoms with E-state index in [0.29, 0.717) is 12.8 Å². The number of hydrogen-bond donors (Lipinski definition) is 1. The Morgan fingerprint density at radius 3 is 2.57 bits per heavy atom. The van der Waals surface area contributed by atoms with Crippen molar-refractivity contribution < 1.29 is 19.4 Å². The second-order valence-electron chi connectivity index (χ2n) is 3.50. The van der Waals surface area contributed by atoms with E-state index in [1.54, 1.807) is 0 Å². The summed E-state index contributed by atoms with van der Waals surface area (Å²) in [4.78, 5) is 22.0. The van der Waals surface area contributed by atoms with Gasteiger partial charge < -0.3 is 9.84 Å². The zero-order valence-electron chi connectivity index (χ0n) is 7.94. The molecule has 0 heterocycles. The molecular weight excluding hydrogens is 184 g/mol. The normalized spacial score (nSPS) is 26.6. The van der Waals surface area contributed by atoms with E-state index in [4.69, 9.17) is 5.11 Å². The number of carboxylic acid groups (broad SMARTS) is 1. The van der Waals surface area contributed by atoms with E-state index in [1.807, 2.05) is 0 Å². The van der Waals surface area contributed by atoms with Crippen molar-refractivity contribution in [3.63, 3.8) is 0 Å². The Labute approximate surface area is 82.6 Å². The Bertz CT molecular complexity index is 247. The van der Waals surface area contributed by atoms with E-state index in [9.17, 15) is 9.59 Å². The van der Waals surface area contributed by atoms with Crippen molar-refractivity contribution in [1.29, 1.82) is 0 Å². The summed E-state index contributed by atoms with van der Waals surface area (Å²) in [6.45, 7) is 3.29. The van der Waals surface area contributed by atoms with Crippen LogP contribution in [0, 0.1) is 11.8 Å². The van der Waals surface area contributed by atoms with Gasteiger partial charge in [0.05, 0.1) is 18.1 Å². The van der Waals surface area contributed by atoms with Crippen LogP contribution >= 0.6 is 0 Å². The van der Waals surface area contributed by atoms with Crippen molar-refractivity contribution in [2.75, 3.05) is 0 Å². The van der Waals surface area contributed by atoms with Gasteiger partial charge in [-0.3, -0.25) is 9.59 Å². The molecule has 0 radical (unpaired) electrons. The number of carbonyl (C=O) groups excluding carboxylic acids is 1. The third kappa shape index (κ3) is 2.58. The highest BCUT2D eigenvalue weighted by molar-refractivity contribution is 5.75. The minimum Gasteiger partial charge on any atom is -0.481 e. The number of ether oxygens (including phenoxy) is 1. The van der Waals surface area contributed by atoms with Gasteiger partial charge in [0.15, 0.2) is 0 Å². The molecule has 0 aromatic carbocycles. The molecule has 4 heteroatoms. The summed E-state index contributed by atoms with van der Waals surface area (Å²) >= 11 is 0. The van der Waals surface area contributed by atoms with Gasteiger partial charge in [0, 0.05) is 0 Å². The molecule has 2 unspecified atom stereocenters. The first-order chi connectivity index (χ1) is 6.65. The van der Waals surface area contributed by atoms with Crippen LogP contribution in [0.15, 0.2) is 12.8 Å². The van der Waals surface area contributed by atoms with Crippen molar-refractivity contribution in [3.05, 3.63) is 12.8 Å². The molecule has 0 spiro atoms. The second kappa shape index (κ2) is 4.79. The molecule has 0 aliphatic heterocycles. The van der Waals surface area contributed by atoms with Crippen LogP contribution in [0.2, 0.25) is 0 Å². The average molecular weight is 198 g/mol. The van der Waals surface area contributed by atoms with Crippen molar-refractivity contribution in [2.24, 2.45) is 11.8 Å². The number of rotatable bonds is 3. The lowest BCUT2D eigenvalue weighted by molar-refractivity contribution is -0.148. The topological polar surface area (TPSA) is 63.6 Å². The molecule has 1 fully saturated rings. The fourth-order valence-corrected chi connectivity index (χ4v) is 1.81. The van der Waals surface area contributed by atoms with Gasteiger partial charge in [-0.1, -0.05) is 13.0 Å². The van der Waals surface area contributed by atoms with Gasteiger partial charge >= 0.3 is 11.9 Å². The summed E-state index contributed by atoms with van der Waals surface area (Å²) in [6.07, 6.45) is 3.63. The highest BCUT2D eigenvalue weighted by atomic mass is 16.5. The van der Waals surface area contributed by atoms with Crippen LogP contribution in [0.5, 0.6) is 0 Å². The highest BCUT2D eigenvalue weighted by Gasteiger charge is 2.31. The first-order valence-corrected chi connectivity index (χ1v) is 4.69. The number of carbonyl (C=O) groups is 2. The van der Waals surface area contributed by atoms with Crippen LogP contribution in [-0.4, -0.2) is 17.0 Å². The standard InChI is InChI=1S/C10H14O4/c1-2-14-10(13)8-5-3-4-7(6-8)9(11)12/h2,7-8H,1,3-6H2,(H,11,12). The van der Waals surface area contributed by atoms with E-state index >= 15 is 0 Å². The van der Waals surface area contributed by atoms with E-state index in [0.717, 1.165) is 19.1 Å². The number of esters is 1. The molecule has 1 rings (SSSR count). The fraction of sp³-hybridized carbons (Fsp3) is 0.600. The van der Waals surface area contributed by atoms with Crippen LogP contribution in [0.4, 0.5) is 0 Å². The molecule has 2 atom stereocenters. The maximum absolute atomic E-state index is 11.3. The van der Waals surface area contributed by atoms with Gasteiger partial charge in [-0.25, -0.2) is 0 Å². The summed E-state index contributed by atoms with van der Waals surface area (Å²) in [5.41, 5.74) is 0. The lowest BCUT2D eigenvalue weighted by Crippen LogP contribution is -2.27. The molecule has 0 aromatic rings. The summed E-state index contributed by atoms with van der Waals surface area (Å²) in [5.74, 6) is -1.85. The predicted molar refractivity (Wildman–Crippen MR) is 49.4 cm³/mol. The molecule has 0 aromatic heterocycles. The Balaban J connectivity index is 2.51. The van der Waals surface area contributed by atoms with Gasteiger partial charge in [-0.05, 0) is 19.3 Å². The quantitative estimate of drug-likeness (QED) is 0.552. The summed E-state index contributed by atoms with van der Waals surface area (Å²) in [6, 6.07) is 0. The van der Waals surface area contributed by atoms with Crippen molar-refractivity contribution in [3.8, 4) is 0 Å². The molecule has 1 N–H and O–H groups in total. The average Bonchev–Trinajstić information content (AvgIpc) is 2.18. The molecule has 0 saturated heterocycles. The number of carboxylic acids is 1. The van der Waals surface area contributed by atoms with Gasteiger partial charge in [0.1, 0.15) is 0 Å². The molecule has 78 valence electrons. The molecule has 0 amide bonds. The smallest absolute Gasteiger partial charge is 0.313 e. The molecule has 1 aliphatic carbocycles. The maximum Gasteiger partial charge on any atom is 0.313 e. The summed E-state index contributed by atoms with van der Waals surface area (Å²) in [7, 11) is 0. The minimum absolute atomic E-state index is 0.275. The van der Waals surface area contributed by atoms with Crippen LogP contribution < -0.4 is 0 Å². The maximum atomic E-state index is 11.3. The molecule has 14 heavy (non-hydrogen) atoms. The largest absolute Gasteiger partial charge is 0.481 e. The highest BCUT2D eigenvalue weighted by Crippen LogP contribution is 2.29. The number of aliphatic carboxylic acids is 1. The molecule has 1 saturated carbocycles. The molecule has 0 bridgehead atoms. The van der Waals surface area contributed by atoms with Crippen LogP contribution in [-0.2, 0) is 14.3 Å². The SMILES string of the molecule is C=COC(=O)C1CCCC(C(=O)O)C1. The first-order valence-electron chi connectivity index (χ1n) is 4.69. The van der Waals surface area contributed by atoms with Crippen molar-refractivity contribution >= 4 is 11.9 Å². The number of hydrogen-bond acceptors (Lipinski definition) is 3. The van der Waals surface area contributed by atoms with Gasteiger partial charge in [-0.2, -0.15) is 0 Å². The van der Waals surface area contributed by atoms with E-state index in [2.05, 4.69) is 11.3 Å². The van der Waals surface area contributed by atoms with Crippen molar-refractivity contribution in [2.45, 2.75) is 25.7 Å². The summed E-state index contributed by atoms with van der Waals surface area (Å²) < 4.78 is 4.64. The van der Waals surface area contributed by atoms with E-state index < -0.39 is 11.9 Å². The minimum atomic E-state index is -0.818. The van der Waals surface area contributed by atoms with Crippen LogP contribution in [0.3, 0.4) is 0 Å². The monoisotopic (exact) mass is 198 g/mol. The Hall–Kier alpha value is -1.32. The summed E-state index contributed by atoms with van der Waals surface area (Å²) in [5, 5.41) is 8.80. The third-order valence-electron chi connectivity index (χ3n) is 2.56. The third-order valence-corrected chi connectivity index (χ3v) is 2.56. The molecular formula is C10H14O4. The molecule has 4 nitrogen and oxygen atoms in total. The van der Waals surface area contributed by atoms with Gasteiger partial charge in [-0.15, -0.1) is 0 Å². The Morgan fingerprint density at radius 2 is 2.00 bits per heavy atom. The molecule has 1 aliphatic rings. The lowest BCUT2D eigenvalue weighted by Gasteiger charge is -2.24. The fourth-order valence-electron chi connectivity index (χ4n) is 1.81.